The van der Waals surface area contributed by atoms with Crippen molar-refractivity contribution in [1.29, 1.82) is 0 Å². The number of hydrogen-bond acceptors (Lipinski definition) is 2. The fourth-order valence-corrected chi connectivity index (χ4v) is 1.74. The zero-order chi connectivity index (χ0) is 8.81. The lowest BCUT2D eigenvalue weighted by atomic mass is 10.3. The van der Waals surface area contributed by atoms with Gasteiger partial charge in [-0.15, -0.1) is 12.3 Å². The monoisotopic (exact) mass is 180 g/mol. The summed E-state index contributed by atoms with van der Waals surface area (Å²) >= 11 is 1.81. The van der Waals surface area contributed by atoms with E-state index in [4.69, 9.17) is 10.8 Å². The summed E-state index contributed by atoms with van der Waals surface area (Å²) in [6.45, 7) is 2.06. The molecule has 0 radical (unpaired) electrons. The predicted molar refractivity (Wildman–Crippen MR) is 53.1 cm³/mol. The Labute approximate surface area is 77.5 Å². The van der Waals surface area contributed by atoms with E-state index < -0.39 is 0 Å². The molecule has 0 saturated heterocycles. The van der Waals surface area contributed by atoms with Crippen molar-refractivity contribution in [3.05, 3.63) is 23.7 Å². The SMILES string of the molecule is C#CCCSCc1occc1C. The third-order valence-corrected chi connectivity index (χ3v) is 2.55. The lowest BCUT2D eigenvalue weighted by Gasteiger charge is -1.96. The van der Waals surface area contributed by atoms with E-state index in [1.807, 2.05) is 17.8 Å². The topological polar surface area (TPSA) is 13.1 Å². The van der Waals surface area contributed by atoms with Crippen LogP contribution >= 0.6 is 11.8 Å². The van der Waals surface area contributed by atoms with Crippen molar-refractivity contribution < 1.29 is 4.42 Å². The minimum absolute atomic E-state index is 0.838. The minimum Gasteiger partial charge on any atom is -0.468 e. The van der Waals surface area contributed by atoms with E-state index in [0.717, 1.165) is 23.7 Å². The molecule has 1 aromatic heterocycles. The Morgan fingerprint density at radius 3 is 3.08 bits per heavy atom. The van der Waals surface area contributed by atoms with Crippen LogP contribution in [0, 0.1) is 19.3 Å². The lowest BCUT2D eigenvalue weighted by molar-refractivity contribution is 0.528. The molecule has 2 heteroatoms. The quantitative estimate of drug-likeness (QED) is 0.522. The molecule has 0 aliphatic heterocycles. The number of hydrogen-bond donors (Lipinski definition) is 0. The molecule has 0 saturated carbocycles. The normalized spacial score (nSPS) is 9.67. The molecular formula is C10H12OS. The van der Waals surface area contributed by atoms with E-state index in [-0.39, 0.29) is 0 Å². The molecule has 12 heavy (non-hydrogen) atoms. The van der Waals surface area contributed by atoms with Crippen molar-refractivity contribution in [1.82, 2.24) is 0 Å². The highest BCUT2D eigenvalue weighted by Gasteiger charge is 2.00. The number of rotatable bonds is 4. The fraction of sp³-hybridized carbons (Fsp3) is 0.400. The maximum absolute atomic E-state index is 5.27. The Bertz CT molecular complexity index is 270. The van der Waals surface area contributed by atoms with Crippen LogP contribution in [0.3, 0.4) is 0 Å². The number of terminal acetylenes is 1. The molecular weight excluding hydrogens is 168 g/mol. The van der Waals surface area contributed by atoms with Crippen molar-refractivity contribution in [2.45, 2.75) is 19.1 Å². The maximum Gasteiger partial charge on any atom is 0.116 e. The standard InChI is InChI=1S/C10H12OS/c1-3-4-7-12-8-10-9(2)5-6-11-10/h1,5-6H,4,7-8H2,2H3. The first kappa shape index (κ1) is 9.28. The number of furan rings is 1. The van der Waals surface area contributed by atoms with Gasteiger partial charge in [0.05, 0.1) is 12.0 Å². The summed E-state index contributed by atoms with van der Waals surface area (Å²) in [4.78, 5) is 0. The first-order valence-electron chi connectivity index (χ1n) is 3.88. The fourth-order valence-electron chi connectivity index (χ4n) is 0.848. The largest absolute Gasteiger partial charge is 0.468 e. The second-order valence-electron chi connectivity index (χ2n) is 2.53. The third-order valence-electron chi connectivity index (χ3n) is 1.59. The van der Waals surface area contributed by atoms with Crippen LogP contribution < -0.4 is 0 Å². The van der Waals surface area contributed by atoms with Gasteiger partial charge in [-0.25, -0.2) is 0 Å². The van der Waals surface area contributed by atoms with E-state index in [1.165, 1.54) is 5.56 Å². The molecule has 0 N–H and O–H groups in total. The van der Waals surface area contributed by atoms with Crippen LogP contribution in [0.4, 0.5) is 0 Å². The van der Waals surface area contributed by atoms with E-state index in [2.05, 4.69) is 12.8 Å². The van der Waals surface area contributed by atoms with Crippen LogP contribution in [0.2, 0.25) is 0 Å². The molecule has 0 fully saturated rings. The van der Waals surface area contributed by atoms with Gasteiger partial charge in [-0.2, -0.15) is 11.8 Å². The van der Waals surface area contributed by atoms with Gasteiger partial charge >= 0.3 is 0 Å². The first-order valence-corrected chi connectivity index (χ1v) is 5.04. The molecule has 0 atom stereocenters. The highest BCUT2D eigenvalue weighted by atomic mass is 32.2. The molecule has 1 rings (SSSR count). The Morgan fingerprint density at radius 2 is 2.50 bits per heavy atom. The maximum atomic E-state index is 5.27. The second-order valence-corrected chi connectivity index (χ2v) is 3.64. The summed E-state index contributed by atoms with van der Waals surface area (Å²) in [7, 11) is 0. The van der Waals surface area contributed by atoms with Gasteiger partial charge in [0.1, 0.15) is 5.76 Å². The van der Waals surface area contributed by atoms with Gasteiger partial charge in [0.15, 0.2) is 0 Å². The minimum atomic E-state index is 0.838. The molecule has 64 valence electrons. The van der Waals surface area contributed by atoms with Gasteiger partial charge < -0.3 is 4.42 Å². The van der Waals surface area contributed by atoms with Gasteiger partial charge in [-0.3, -0.25) is 0 Å². The summed E-state index contributed by atoms with van der Waals surface area (Å²) < 4.78 is 5.27. The van der Waals surface area contributed by atoms with E-state index in [0.29, 0.717) is 0 Å². The molecule has 0 bridgehead atoms. The Kier molecular flexibility index (Phi) is 3.83. The summed E-state index contributed by atoms with van der Waals surface area (Å²) in [5.74, 6) is 5.62. The molecule has 0 amide bonds. The molecule has 0 unspecified atom stereocenters. The first-order chi connectivity index (χ1) is 5.84. The van der Waals surface area contributed by atoms with Gasteiger partial charge in [0, 0.05) is 12.2 Å². The summed E-state index contributed by atoms with van der Waals surface area (Å²) in [5, 5.41) is 0. The molecule has 1 nitrogen and oxygen atoms in total. The number of aryl methyl sites for hydroxylation is 1. The molecule has 1 heterocycles. The van der Waals surface area contributed by atoms with Crippen molar-refractivity contribution in [3.8, 4) is 12.3 Å². The predicted octanol–water partition coefficient (Wildman–Crippen LogP) is 2.84. The van der Waals surface area contributed by atoms with Crippen LogP contribution in [-0.4, -0.2) is 5.75 Å². The Hall–Kier alpha value is -0.810. The zero-order valence-corrected chi connectivity index (χ0v) is 7.99. The smallest absolute Gasteiger partial charge is 0.116 e. The lowest BCUT2D eigenvalue weighted by Crippen LogP contribution is -1.82. The van der Waals surface area contributed by atoms with E-state index >= 15 is 0 Å². The van der Waals surface area contributed by atoms with Gasteiger partial charge in [0.25, 0.3) is 0 Å². The Balaban J connectivity index is 2.25. The average Bonchev–Trinajstić information content (AvgIpc) is 2.46. The summed E-state index contributed by atoms with van der Waals surface area (Å²) in [6, 6.07) is 1.98. The third kappa shape index (κ3) is 2.67. The molecule has 0 aliphatic carbocycles. The number of thioether (sulfide) groups is 1. The summed E-state index contributed by atoms with van der Waals surface area (Å²) in [5.41, 5.74) is 1.23. The van der Waals surface area contributed by atoms with Crippen LogP contribution in [-0.2, 0) is 5.75 Å². The average molecular weight is 180 g/mol. The Morgan fingerprint density at radius 1 is 1.67 bits per heavy atom. The van der Waals surface area contributed by atoms with Gasteiger partial charge in [-0.1, -0.05) is 0 Å². The van der Waals surface area contributed by atoms with Gasteiger partial charge in [-0.05, 0) is 18.6 Å². The van der Waals surface area contributed by atoms with E-state index in [1.54, 1.807) is 6.26 Å². The molecule has 1 aromatic rings. The van der Waals surface area contributed by atoms with Crippen LogP contribution in [0.25, 0.3) is 0 Å². The van der Waals surface area contributed by atoms with Crippen molar-refractivity contribution in [2.24, 2.45) is 0 Å². The summed E-state index contributed by atoms with van der Waals surface area (Å²) in [6.07, 6.45) is 7.70. The highest BCUT2D eigenvalue weighted by Crippen LogP contribution is 2.17. The molecule has 0 aromatic carbocycles. The molecule has 0 spiro atoms. The van der Waals surface area contributed by atoms with Crippen LogP contribution in [0.15, 0.2) is 16.7 Å². The van der Waals surface area contributed by atoms with Crippen molar-refractivity contribution in [3.63, 3.8) is 0 Å². The second kappa shape index (κ2) is 4.95. The van der Waals surface area contributed by atoms with Crippen molar-refractivity contribution in [2.75, 3.05) is 5.75 Å². The van der Waals surface area contributed by atoms with Crippen LogP contribution in [0.5, 0.6) is 0 Å². The highest BCUT2D eigenvalue weighted by molar-refractivity contribution is 7.98. The zero-order valence-electron chi connectivity index (χ0n) is 7.17. The van der Waals surface area contributed by atoms with E-state index in [9.17, 15) is 0 Å². The van der Waals surface area contributed by atoms with Crippen LogP contribution in [0.1, 0.15) is 17.7 Å². The van der Waals surface area contributed by atoms with Gasteiger partial charge in [0.2, 0.25) is 0 Å². The molecule has 0 aliphatic rings. The van der Waals surface area contributed by atoms with Crippen molar-refractivity contribution >= 4 is 11.8 Å².